The van der Waals surface area contributed by atoms with Crippen LogP contribution >= 0.6 is 0 Å². The molecule has 0 amide bonds. The molecule has 1 saturated heterocycles. The van der Waals surface area contributed by atoms with Gasteiger partial charge in [-0.3, -0.25) is 0 Å². The lowest BCUT2D eigenvalue weighted by Gasteiger charge is -2.28. The SMILES string of the molecule is CN(CC1CCOCC1)c1ncc(N)cc1C#N. The van der Waals surface area contributed by atoms with Gasteiger partial charge in [0, 0.05) is 26.8 Å². The molecule has 5 nitrogen and oxygen atoms in total. The highest BCUT2D eigenvalue weighted by Crippen LogP contribution is 2.22. The van der Waals surface area contributed by atoms with Gasteiger partial charge < -0.3 is 15.4 Å². The fraction of sp³-hybridized carbons (Fsp3) is 0.538. The molecular formula is C13H18N4O. The summed E-state index contributed by atoms with van der Waals surface area (Å²) in [4.78, 5) is 6.30. The Labute approximate surface area is 107 Å². The molecule has 1 aromatic rings. The summed E-state index contributed by atoms with van der Waals surface area (Å²) in [7, 11) is 1.97. The number of nitrogens with two attached hydrogens (primary N) is 1. The zero-order valence-electron chi connectivity index (χ0n) is 10.6. The predicted molar refractivity (Wildman–Crippen MR) is 70.2 cm³/mol. The fourth-order valence-corrected chi connectivity index (χ4v) is 2.26. The van der Waals surface area contributed by atoms with E-state index in [-0.39, 0.29) is 0 Å². The van der Waals surface area contributed by atoms with Crippen LogP contribution in [-0.2, 0) is 4.74 Å². The highest BCUT2D eigenvalue weighted by Gasteiger charge is 2.18. The first kappa shape index (κ1) is 12.7. The maximum Gasteiger partial charge on any atom is 0.146 e. The largest absolute Gasteiger partial charge is 0.397 e. The van der Waals surface area contributed by atoms with E-state index in [2.05, 4.69) is 11.1 Å². The van der Waals surface area contributed by atoms with E-state index in [0.29, 0.717) is 23.0 Å². The van der Waals surface area contributed by atoms with Crippen molar-refractivity contribution in [3.63, 3.8) is 0 Å². The first-order valence-corrected chi connectivity index (χ1v) is 6.15. The van der Waals surface area contributed by atoms with Crippen LogP contribution in [0.1, 0.15) is 18.4 Å². The number of rotatable bonds is 3. The van der Waals surface area contributed by atoms with E-state index in [1.54, 1.807) is 12.3 Å². The van der Waals surface area contributed by atoms with E-state index >= 15 is 0 Å². The first-order valence-electron chi connectivity index (χ1n) is 6.15. The number of hydrogen-bond donors (Lipinski definition) is 1. The van der Waals surface area contributed by atoms with Gasteiger partial charge in [0.1, 0.15) is 11.9 Å². The average Bonchev–Trinajstić information content (AvgIpc) is 2.39. The van der Waals surface area contributed by atoms with Gasteiger partial charge in [0.15, 0.2) is 0 Å². The third-order valence-corrected chi connectivity index (χ3v) is 3.24. The smallest absolute Gasteiger partial charge is 0.146 e. The predicted octanol–water partition coefficient (Wildman–Crippen LogP) is 1.40. The van der Waals surface area contributed by atoms with Crippen LogP contribution in [0, 0.1) is 17.2 Å². The zero-order valence-corrected chi connectivity index (χ0v) is 10.6. The Morgan fingerprint density at radius 1 is 1.56 bits per heavy atom. The van der Waals surface area contributed by atoms with Crippen LogP contribution in [0.3, 0.4) is 0 Å². The lowest BCUT2D eigenvalue weighted by molar-refractivity contribution is 0.0685. The molecule has 5 heteroatoms. The van der Waals surface area contributed by atoms with Crippen LogP contribution in [0.4, 0.5) is 11.5 Å². The highest BCUT2D eigenvalue weighted by molar-refractivity contribution is 5.58. The number of anilines is 2. The molecule has 0 aliphatic carbocycles. The molecule has 0 bridgehead atoms. The summed E-state index contributed by atoms with van der Waals surface area (Å²) in [6.45, 7) is 2.56. The Hall–Kier alpha value is -1.80. The molecule has 1 aromatic heterocycles. The number of hydrogen-bond acceptors (Lipinski definition) is 5. The molecule has 0 atom stereocenters. The number of aromatic nitrogens is 1. The van der Waals surface area contributed by atoms with Crippen LogP contribution in [0.15, 0.2) is 12.3 Å². The fourth-order valence-electron chi connectivity index (χ4n) is 2.26. The van der Waals surface area contributed by atoms with Crippen molar-refractivity contribution in [1.82, 2.24) is 4.98 Å². The zero-order chi connectivity index (χ0) is 13.0. The van der Waals surface area contributed by atoms with Crippen molar-refractivity contribution in [2.45, 2.75) is 12.8 Å². The van der Waals surface area contributed by atoms with Crippen molar-refractivity contribution in [3.8, 4) is 6.07 Å². The standard InChI is InChI=1S/C13H18N4O/c1-17(9-10-2-4-18-5-3-10)13-11(7-14)6-12(15)8-16-13/h6,8,10H,2-5,9,15H2,1H3. The van der Waals surface area contributed by atoms with Crippen molar-refractivity contribution < 1.29 is 4.74 Å². The quantitative estimate of drug-likeness (QED) is 0.872. The van der Waals surface area contributed by atoms with Gasteiger partial charge in [-0.25, -0.2) is 4.98 Å². The minimum atomic E-state index is 0.523. The third-order valence-electron chi connectivity index (χ3n) is 3.24. The summed E-state index contributed by atoms with van der Waals surface area (Å²) in [6.07, 6.45) is 3.74. The highest BCUT2D eigenvalue weighted by atomic mass is 16.5. The van der Waals surface area contributed by atoms with E-state index in [9.17, 15) is 0 Å². The molecule has 0 saturated carbocycles. The van der Waals surface area contributed by atoms with Crippen molar-refractivity contribution in [1.29, 1.82) is 5.26 Å². The molecule has 0 unspecified atom stereocenters. The Bertz CT molecular complexity index is 449. The maximum absolute atomic E-state index is 9.11. The van der Waals surface area contributed by atoms with E-state index in [1.165, 1.54) is 0 Å². The van der Waals surface area contributed by atoms with Gasteiger partial charge in [-0.1, -0.05) is 0 Å². The summed E-state index contributed by atoms with van der Waals surface area (Å²) in [5.74, 6) is 1.31. The monoisotopic (exact) mass is 246 g/mol. The van der Waals surface area contributed by atoms with Gasteiger partial charge in [0.25, 0.3) is 0 Å². The molecule has 2 N–H and O–H groups in total. The van der Waals surface area contributed by atoms with E-state index < -0.39 is 0 Å². The van der Waals surface area contributed by atoms with Gasteiger partial charge in [0.05, 0.1) is 17.4 Å². The normalized spacial score (nSPS) is 16.2. The van der Waals surface area contributed by atoms with Gasteiger partial charge >= 0.3 is 0 Å². The van der Waals surface area contributed by atoms with Gasteiger partial charge in [-0.05, 0) is 24.8 Å². The topological polar surface area (TPSA) is 75.2 Å². The second-order valence-corrected chi connectivity index (χ2v) is 4.69. The Kier molecular flexibility index (Phi) is 4.00. The van der Waals surface area contributed by atoms with Crippen LogP contribution in [0.25, 0.3) is 0 Å². The number of nitriles is 1. The van der Waals surface area contributed by atoms with Crippen LogP contribution in [-0.4, -0.2) is 31.8 Å². The molecule has 0 radical (unpaired) electrons. The van der Waals surface area contributed by atoms with Gasteiger partial charge in [-0.15, -0.1) is 0 Å². The van der Waals surface area contributed by atoms with Gasteiger partial charge in [-0.2, -0.15) is 5.26 Å². The molecule has 2 rings (SSSR count). The summed E-state index contributed by atoms with van der Waals surface area (Å²) in [6, 6.07) is 3.82. The molecule has 1 fully saturated rings. The lowest BCUT2D eigenvalue weighted by atomic mass is 10.00. The maximum atomic E-state index is 9.11. The van der Waals surface area contributed by atoms with Crippen LogP contribution in [0.5, 0.6) is 0 Å². The summed E-state index contributed by atoms with van der Waals surface area (Å²) in [5.41, 5.74) is 6.69. The molecule has 1 aliphatic heterocycles. The van der Waals surface area contributed by atoms with E-state index in [4.69, 9.17) is 15.7 Å². The number of ether oxygens (including phenoxy) is 1. The minimum absolute atomic E-state index is 0.523. The van der Waals surface area contributed by atoms with Crippen molar-refractivity contribution in [2.24, 2.45) is 5.92 Å². The molecule has 0 aromatic carbocycles. The summed E-state index contributed by atoms with van der Waals surface area (Å²) in [5, 5.41) is 9.11. The molecule has 0 spiro atoms. The number of nitrogen functional groups attached to an aromatic ring is 1. The van der Waals surface area contributed by atoms with Crippen molar-refractivity contribution >= 4 is 11.5 Å². The number of nitrogens with zero attached hydrogens (tertiary/aromatic N) is 3. The second kappa shape index (κ2) is 5.69. The lowest BCUT2D eigenvalue weighted by Crippen LogP contribution is -2.30. The second-order valence-electron chi connectivity index (χ2n) is 4.69. The molecule has 2 heterocycles. The van der Waals surface area contributed by atoms with Crippen LogP contribution in [0.2, 0.25) is 0 Å². The van der Waals surface area contributed by atoms with Crippen molar-refractivity contribution in [3.05, 3.63) is 17.8 Å². The van der Waals surface area contributed by atoms with E-state index in [0.717, 1.165) is 32.6 Å². The van der Waals surface area contributed by atoms with Gasteiger partial charge in [0.2, 0.25) is 0 Å². The minimum Gasteiger partial charge on any atom is -0.397 e. The molecule has 96 valence electrons. The number of pyridine rings is 1. The van der Waals surface area contributed by atoms with Crippen LogP contribution < -0.4 is 10.6 Å². The molecular weight excluding hydrogens is 228 g/mol. The van der Waals surface area contributed by atoms with Crippen molar-refractivity contribution in [2.75, 3.05) is 37.4 Å². The third kappa shape index (κ3) is 2.90. The average molecular weight is 246 g/mol. The summed E-state index contributed by atoms with van der Waals surface area (Å²) >= 11 is 0. The van der Waals surface area contributed by atoms with E-state index in [1.807, 2.05) is 11.9 Å². The first-order chi connectivity index (χ1) is 8.70. The Morgan fingerprint density at radius 3 is 2.94 bits per heavy atom. The molecule has 1 aliphatic rings. The molecule has 18 heavy (non-hydrogen) atoms. The summed E-state index contributed by atoms with van der Waals surface area (Å²) < 4.78 is 5.34. The Balaban J connectivity index is 2.08. The Morgan fingerprint density at radius 2 is 2.28 bits per heavy atom.